The van der Waals surface area contributed by atoms with Gasteiger partial charge < -0.3 is 10.0 Å². The van der Waals surface area contributed by atoms with E-state index in [0.29, 0.717) is 6.04 Å². The zero-order chi connectivity index (χ0) is 14.0. The standard InChI is InChI=1S/C15H28N2O2/c1-4-17(10-12-5-6-12)13-7-8-15(9-13,14(18)19)16-11(2)3/h11-13,16H,4-10H2,1-3H3,(H,18,19). The van der Waals surface area contributed by atoms with Gasteiger partial charge in [0, 0.05) is 18.6 Å². The summed E-state index contributed by atoms with van der Waals surface area (Å²) in [5, 5.41) is 12.9. The molecule has 0 heterocycles. The van der Waals surface area contributed by atoms with Crippen molar-refractivity contribution in [2.45, 2.75) is 70.5 Å². The number of carboxylic acids is 1. The van der Waals surface area contributed by atoms with Gasteiger partial charge in [0.2, 0.25) is 0 Å². The van der Waals surface area contributed by atoms with Crippen molar-refractivity contribution >= 4 is 5.97 Å². The Labute approximate surface area is 116 Å². The monoisotopic (exact) mass is 268 g/mol. The number of aliphatic carboxylic acids is 1. The molecule has 0 aliphatic heterocycles. The molecule has 4 heteroatoms. The maximum Gasteiger partial charge on any atom is 0.323 e. The fourth-order valence-corrected chi connectivity index (χ4v) is 3.44. The van der Waals surface area contributed by atoms with Crippen LogP contribution in [0.1, 0.15) is 52.9 Å². The molecular weight excluding hydrogens is 240 g/mol. The molecule has 110 valence electrons. The van der Waals surface area contributed by atoms with Crippen LogP contribution in [0.15, 0.2) is 0 Å². The predicted molar refractivity (Wildman–Crippen MR) is 76.2 cm³/mol. The third-order valence-electron chi connectivity index (χ3n) is 4.57. The number of rotatable bonds is 7. The molecule has 0 bridgehead atoms. The molecular formula is C15H28N2O2. The van der Waals surface area contributed by atoms with Crippen molar-refractivity contribution in [3.8, 4) is 0 Å². The summed E-state index contributed by atoms with van der Waals surface area (Å²) in [5.74, 6) is 0.198. The SMILES string of the molecule is CCN(CC1CC1)C1CCC(NC(C)C)(C(=O)O)C1. The van der Waals surface area contributed by atoms with E-state index in [1.54, 1.807) is 0 Å². The van der Waals surface area contributed by atoms with Crippen LogP contribution in [0, 0.1) is 5.92 Å². The zero-order valence-electron chi connectivity index (χ0n) is 12.5. The Morgan fingerprint density at radius 1 is 1.42 bits per heavy atom. The van der Waals surface area contributed by atoms with Crippen LogP contribution >= 0.6 is 0 Å². The van der Waals surface area contributed by atoms with Crippen molar-refractivity contribution in [1.82, 2.24) is 10.2 Å². The first-order valence-corrected chi connectivity index (χ1v) is 7.72. The summed E-state index contributed by atoms with van der Waals surface area (Å²) >= 11 is 0. The van der Waals surface area contributed by atoms with Gasteiger partial charge in [-0.15, -0.1) is 0 Å². The lowest BCUT2D eigenvalue weighted by Crippen LogP contribution is -2.54. The Kier molecular flexibility index (Phi) is 4.51. The van der Waals surface area contributed by atoms with Gasteiger partial charge in [-0.05, 0) is 58.4 Å². The van der Waals surface area contributed by atoms with Crippen LogP contribution in [0.4, 0.5) is 0 Å². The van der Waals surface area contributed by atoms with Gasteiger partial charge in [0.05, 0.1) is 0 Å². The minimum Gasteiger partial charge on any atom is -0.480 e. The summed E-state index contributed by atoms with van der Waals surface area (Å²) in [6.45, 7) is 8.45. The number of hydrogen-bond acceptors (Lipinski definition) is 3. The number of carboxylic acid groups (broad SMARTS) is 1. The van der Waals surface area contributed by atoms with Crippen molar-refractivity contribution in [2.75, 3.05) is 13.1 Å². The third-order valence-corrected chi connectivity index (χ3v) is 4.57. The van der Waals surface area contributed by atoms with Crippen LogP contribution < -0.4 is 5.32 Å². The third kappa shape index (κ3) is 3.48. The fraction of sp³-hybridized carbons (Fsp3) is 0.933. The van der Waals surface area contributed by atoms with Gasteiger partial charge in [-0.1, -0.05) is 6.92 Å². The summed E-state index contributed by atoms with van der Waals surface area (Å²) in [5.41, 5.74) is -0.699. The van der Waals surface area contributed by atoms with E-state index in [4.69, 9.17) is 0 Å². The molecule has 0 spiro atoms. The van der Waals surface area contributed by atoms with Gasteiger partial charge in [0.25, 0.3) is 0 Å². The van der Waals surface area contributed by atoms with Crippen molar-refractivity contribution < 1.29 is 9.90 Å². The molecule has 0 saturated heterocycles. The fourth-order valence-electron chi connectivity index (χ4n) is 3.44. The lowest BCUT2D eigenvalue weighted by atomic mass is 9.96. The molecule has 2 saturated carbocycles. The van der Waals surface area contributed by atoms with Crippen LogP contribution in [-0.2, 0) is 4.79 Å². The van der Waals surface area contributed by atoms with Crippen molar-refractivity contribution in [1.29, 1.82) is 0 Å². The van der Waals surface area contributed by atoms with Gasteiger partial charge in [0.1, 0.15) is 5.54 Å². The van der Waals surface area contributed by atoms with E-state index in [2.05, 4.69) is 17.1 Å². The first-order valence-electron chi connectivity index (χ1n) is 7.72. The second-order valence-corrected chi connectivity index (χ2v) is 6.61. The van der Waals surface area contributed by atoms with Crippen molar-refractivity contribution in [3.63, 3.8) is 0 Å². The van der Waals surface area contributed by atoms with E-state index in [0.717, 1.165) is 31.7 Å². The molecule has 2 unspecified atom stereocenters. The highest BCUT2D eigenvalue weighted by atomic mass is 16.4. The van der Waals surface area contributed by atoms with E-state index in [-0.39, 0.29) is 6.04 Å². The molecule has 19 heavy (non-hydrogen) atoms. The Hall–Kier alpha value is -0.610. The maximum absolute atomic E-state index is 11.7. The van der Waals surface area contributed by atoms with Crippen LogP contribution in [0.25, 0.3) is 0 Å². The lowest BCUT2D eigenvalue weighted by molar-refractivity contribution is -0.145. The normalized spacial score (nSPS) is 31.3. The Morgan fingerprint density at radius 3 is 2.58 bits per heavy atom. The topological polar surface area (TPSA) is 52.6 Å². The van der Waals surface area contributed by atoms with Crippen LogP contribution in [0.5, 0.6) is 0 Å². The van der Waals surface area contributed by atoms with E-state index < -0.39 is 11.5 Å². The van der Waals surface area contributed by atoms with E-state index >= 15 is 0 Å². The molecule has 2 rings (SSSR count). The molecule has 2 atom stereocenters. The smallest absolute Gasteiger partial charge is 0.323 e. The molecule has 0 aromatic rings. The van der Waals surface area contributed by atoms with Gasteiger partial charge in [-0.25, -0.2) is 0 Å². The zero-order valence-corrected chi connectivity index (χ0v) is 12.5. The van der Waals surface area contributed by atoms with Gasteiger partial charge in [0.15, 0.2) is 0 Å². The highest BCUT2D eigenvalue weighted by molar-refractivity contribution is 5.79. The van der Waals surface area contributed by atoms with Crippen LogP contribution in [0.2, 0.25) is 0 Å². The highest BCUT2D eigenvalue weighted by Crippen LogP contribution is 2.37. The first kappa shape index (κ1) is 14.8. The molecule has 0 amide bonds. The maximum atomic E-state index is 11.7. The molecule has 0 aromatic carbocycles. The number of nitrogens with zero attached hydrogens (tertiary/aromatic N) is 1. The van der Waals surface area contributed by atoms with Crippen LogP contribution in [-0.4, -0.2) is 46.7 Å². The summed E-state index contributed by atoms with van der Waals surface area (Å²) in [4.78, 5) is 14.2. The van der Waals surface area contributed by atoms with Gasteiger partial charge in [-0.2, -0.15) is 0 Å². The molecule has 2 aliphatic carbocycles. The number of carbonyl (C=O) groups is 1. The minimum absolute atomic E-state index is 0.216. The lowest BCUT2D eigenvalue weighted by Gasteiger charge is -2.31. The molecule has 0 aromatic heterocycles. The first-order chi connectivity index (χ1) is 8.97. The Morgan fingerprint density at radius 2 is 2.11 bits per heavy atom. The number of hydrogen-bond donors (Lipinski definition) is 2. The van der Waals surface area contributed by atoms with Gasteiger partial charge >= 0.3 is 5.97 Å². The van der Waals surface area contributed by atoms with E-state index in [9.17, 15) is 9.90 Å². The van der Waals surface area contributed by atoms with Crippen molar-refractivity contribution in [2.24, 2.45) is 5.92 Å². The molecule has 2 aliphatic rings. The Bertz CT molecular complexity index is 328. The Balaban J connectivity index is 1.99. The summed E-state index contributed by atoms with van der Waals surface area (Å²) < 4.78 is 0. The second kappa shape index (κ2) is 5.80. The summed E-state index contributed by atoms with van der Waals surface area (Å²) in [6, 6.07) is 0.654. The molecule has 2 fully saturated rings. The minimum atomic E-state index is -0.699. The predicted octanol–water partition coefficient (Wildman–Crippen LogP) is 2.09. The summed E-state index contributed by atoms with van der Waals surface area (Å²) in [6.07, 6.45) is 5.23. The molecule has 2 N–H and O–H groups in total. The average molecular weight is 268 g/mol. The van der Waals surface area contributed by atoms with Crippen LogP contribution in [0.3, 0.4) is 0 Å². The van der Waals surface area contributed by atoms with E-state index in [1.807, 2.05) is 13.8 Å². The van der Waals surface area contributed by atoms with Gasteiger partial charge in [-0.3, -0.25) is 10.1 Å². The largest absolute Gasteiger partial charge is 0.480 e. The summed E-state index contributed by atoms with van der Waals surface area (Å²) in [7, 11) is 0. The average Bonchev–Trinajstić information content (AvgIpc) is 3.05. The highest BCUT2D eigenvalue weighted by Gasteiger charge is 2.47. The number of nitrogens with one attached hydrogen (secondary N) is 1. The molecule has 4 nitrogen and oxygen atoms in total. The molecule has 0 radical (unpaired) electrons. The second-order valence-electron chi connectivity index (χ2n) is 6.61. The van der Waals surface area contributed by atoms with E-state index in [1.165, 1.54) is 19.4 Å². The quantitative estimate of drug-likeness (QED) is 0.742. The van der Waals surface area contributed by atoms with Crippen molar-refractivity contribution in [3.05, 3.63) is 0 Å².